The lowest BCUT2D eigenvalue weighted by Gasteiger charge is -2.30. The number of pyridine rings is 1. The topological polar surface area (TPSA) is 60.0 Å². The smallest absolute Gasteiger partial charge is 0.132 e. The van der Waals surface area contributed by atoms with Gasteiger partial charge in [0.05, 0.1) is 18.2 Å². The third-order valence-corrected chi connectivity index (χ3v) is 3.75. The highest BCUT2D eigenvalue weighted by molar-refractivity contribution is 5.70. The van der Waals surface area contributed by atoms with Crippen LogP contribution in [-0.4, -0.2) is 38.1 Å². The van der Waals surface area contributed by atoms with Crippen molar-refractivity contribution < 1.29 is 0 Å². The molecule has 0 bridgehead atoms. The molecule has 0 aliphatic carbocycles. The summed E-state index contributed by atoms with van der Waals surface area (Å²) < 4.78 is 2.14. The molecule has 0 saturated heterocycles. The molecule has 2 aromatic heterocycles. The van der Waals surface area contributed by atoms with Crippen LogP contribution in [0, 0.1) is 0 Å². The normalized spacial score (nSPS) is 11.8. The summed E-state index contributed by atoms with van der Waals surface area (Å²) in [6.07, 6.45) is 5.42. The summed E-state index contributed by atoms with van der Waals surface area (Å²) in [6.45, 7) is 10.8. The number of nitrogen functional groups attached to an aromatic ring is 1. The molecule has 5 heteroatoms. The van der Waals surface area contributed by atoms with E-state index >= 15 is 0 Å². The molecule has 2 aromatic rings. The van der Waals surface area contributed by atoms with Crippen LogP contribution < -0.4 is 5.73 Å². The lowest BCUT2D eigenvalue weighted by Crippen LogP contribution is -2.39. The number of hydrogen-bond acceptors (Lipinski definition) is 4. The third-order valence-electron chi connectivity index (χ3n) is 3.75. The van der Waals surface area contributed by atoms with Crippen molar-refractivity contribution in [3.63, 3.8) is 0 Å². The Labute approximate surface area is 126 Å². The quantitative estimate of drug-likeness (QED) is 0.887. The lowest BCUT2D eigenvalue weighted by atomic mass is 10.2. The fraction of sp³-hybridized carbons (Fsp3) is 0.500. The maximum Gasteiger partial charge on any atom is 0.132 e. The summed E-state index contributed by atoms with van der Waals surface area (Å²) in [4.78, 5) is 10.9. The molecule has 0 saturated carbocycles. The first-order chi connectivity index (χ1) is 10.0. The second-order valence-electron chi connectivity index (χ2n) is 5.83. The van der Waals surface area contributed by atoms with Crippen LogP contribution in [0.25, 0.3) is 11.3 Å². The summed E-state index contributed by atoms with van der Waals surface area (Å²) in [7, 11) is 0. The molecular weight excluding hydrogens is 262 g/mol. The van der Waals surface area contributed by atoms with Crippen molar-refractivity contribution in [2.45, 2.75) is 46.3 Å². The van der Waals surface area contributed by atoms with Crippen molar-refractivity contribution in [3.8, 4) is 11.3 Å². The van der Waals surface area contributed by atoms with E-state index in [0.29, 0.717) is 17.9 Å². The van der Waals surface area contributed by atoms with Gasteiger partial charge in [0, 0.05) is 36.9 Å². The zero-order chi connectivity index (χ0) is 15.4. The molecule has 5 nitrogen and oxygen atoms in total. The van der Waals surface area contributed by atoms with Gasteiger partial charge < -0.3 is 10.3 Å². The van der Waals surface area contributed by atoms with E-state index in [1.165, 1.54) is 0 Å². The molecule has 114 valence electrons. The fourth-order valence-corrected chi connectivity index (χ4v) is 2.69. The van der Waals surface area contributed by atoms with Gasteiger partial charge in [0.1, 0.15) is 5.82 Å². The first kappa shape index (κ1) is 15.5. The molecule has 0 radical (unpaired) electrons. The van der Waals surface area contributed by atoms with Crippen molar-refractivity contribution in [1.82, 2.24) is 19.4 Å². The van der Waals surface area contributed by atoms with E-state index in [0.717, 1.165) is 24.3 Å². The molecule has 0 unspecified atom stereocenters. The van der Waals surface area contributed by atoms with Gasteiger partial charge in [0.2, 0.25) is 0 Å². The summed E-state index contributed by atoms with van der Waals surface area (Å²) in [5.74, 6) is 0.545. The van der Waals surface area contributed by atoms with Gasteiger partial charge >= 0.3 is 0 Å². The summed E-state index contributed by atoms with van der Waals surface area (Å²) >= 11 is 0. The van der Waals surface area contributed by atoms with Crippen LogP contribution in [0.15, 0.2) is 30.9 Å². The van der Waals surface area contributed by atoms with E-state index in [4.69, 9.17) is 5.73 Å². The maximum atomic E-state index is 5.97. The predicted octanol–water partition coefficient (Wildman–Crippen LogP) is 2.65. The fourth-order valence-electron chi connectivity index (χ4n) is 2.69. The van der Waals surface area contributed by atoms with Gasteiger partial charge in [-0.1, -0.05) is 0 Å². The summed E-state index contributed by atoms with van der Waals surface area (Å²) in [6, 6.07) is 4.94. The maximum absolute atomic E-state index is 5.97. The molecule has 2 N–H and O–H groups in total. The Balaban J connectivity index is 2.16. The SMILES string of the molecule is CC(C)N(CCn1cncc1-c1cccnc1N)C(C)C. The van der Waals surface area contributed by atoms with Crippen LogP contribution >= 0.6 is 0 Å². The summed E-state index contributed by atoms with van der Waals surface area (Å²) in [5, 5.41) is 0. The number of hydrogen-bond donors (Lipinski definition) is 1. The van der Waals surface area contributed by atoms with E-state index in [2.05, 4.69) is 47.1 Å². The lowest BCUT2D eigenvalue weighted by molar-refractivity contribution is 0.168. The van der Waals surface area contributed by atoms with Crippen LogP contribution in [0.3, 0.4) is 0 Å². The number of rotatable bonds is 6. The van der Waals surface area contributed by atoms with Crippen molar-refractivity contribution in [2.75, 3.05) is 12.3 Å². The molecule has 0 aliphatic rings. The molecule has 0 atom stereocenters. The minimum atomic E-state index is 0.528. The van der Waals surface area contributed by atoms with Crippen LogP contribution in [-0.2, 0) is 6.54 Å². The van der Waals surface area contributed by atoms with E-state index in [9.17, 15) is 0 Å². The van der Waals surface area contributed by atoms with Crippen molar-refractivity contribution in [3.05, 3.63) is 30.9 Å². The largest absolute Gasteiger partial charge is 0.383 e. The van der Waals surface area contributed by atoms with Gasteiger partial charge in [0.25, 0.3) is 0 Å². The molecular formula is C16H25N5. The number of aromatic nitrogens is 3. The molecule has 2 rings (SSSR count). The van der Waals surface area contributed by atoms with Crippen LogP contribution in [0.5, 0.6) is 0 Å². The Hall–Kier alpha value is -1.88. The van der Waals surface area contributed by atoms with Gasteiger partial charge in [-0.05, 0) is 39.8 Å². The number of imidazole rings is 1. The first-order valence-electron chi connectivity index (χ1n) is 7.47. The Morgan fingerprint density at radius 1 is 1.24 bits per heavy atom. The molecule has 0 fully saturated rings. The second kappa shape index (κ2) is 6.72. The Morgan fingerprint density at radius 3 is 2.57 bits per heavy atom. The van der Waals surface area contributed by atoms with Gasteiger partial charge in [-0.2, -0.15) is 0 Å². The van der Waals surface area contributed by atoms with Crippen molar-refractivity contribution in [2.24, 2.45) is 0 Å². The van der Waals surface area contributed by atoms with Crippen molar-refractivity contribution in [1.29, 1.82) is 0 Å². The third kappa shape index (κ3) is 3.61. The number of anilines is 1. The molecule has 0 aromatic carbocycles. The first-order valence-corrected chi connectivity index (χ1v) is 7.47. The van der Waals surface area contributed by atoms with Crippen LogP contribution in [0.2, 0.25) is 0 Å². The zero-order valence-corrected chi connectivity index (χ0v) is 13.3. The predicted molar refractivity (Wildman–Crippen MR) is 86.8 cm³/mol. The number of nitrogens with zero attached hydrogens (tertiary/aromatic N) is 4. The minimum Gasteiger partial charge on any atom is -0.383 e. The highest BCUT2D eigenvalue weighted by atomic mass is 15.2. The monoisotopic (exact) mass is 287 g/mol. The average Bonchev–Trinajstić information content (AvgIpc) is 2.87. The van der Waals surface area contributed by atoms with Gasteiger partial charge in [-0.25, -0.2) is 9.97 Å². The highest BCUT2D eigenvalue weighted by Crippen LogP contribution is 2.23. The summed E-state index contributed by atoms with van der Waals surface area (Å²) in [5.41, 5.74) is 7.93. The van der Waals surface area contributed by atoms with Crippen LogP contribution in [0.1, 0.15) is 27.7 Å². The van der Waals surface area contributed by atoms with Gasteiger partial charge in [-0.15, -0.1) is 0 Å². The Morgan fingerprint density at radius 2 is 1.95 bits per heavy atom. The zero-order valence-electron chi connectivity index (χ0n) is 13.3. The molecule has 2 heterocycles. The van der Waals surface area contributed by atoms with Gasteiger partial charge in [-0.3, -0.25) is 4.90 Å². The molecule has 0 aliphatic heterocycles. The average molecular weight is 287 g/mol. The van der Waals surface area contributed by atoms with E-state index < -0.39 is 0 Å². The minimum absolute atomic E-state index is 0.528. The standard InChI is InChI=1S/C16H25N5/c1-12(2)21(13(3)4)9-8-20-11-18-10-15(20)14-6-5-7-19-16(14)17/h5-7,10-13H,8-9H2,1-4H3,(H2,17,19). The highest BCUT2D eigenvalue weighted by Gasteiger charge is 2.14. The molecule has 0 spiro atoms. The van der Waals surface area contributed by atoms with E-state index in [-0.39, 0.29) is 0 Å². The van der Waals surface area contributed by atoms with Crippen LogP contribution in [0.4, 0.5) is 5.82 Å². The van der Waals surface area contributed by atoms with E-state index in [1.807, 2.05) is 24.7 Å². The second-order valence-corrected chi connectivity index (χ2v) is 5.83. The Kier molecular flexibility index (Phi) is 4.96. The number of nitrogens with two attached hydrogens (primary N) is 1. The molecule has 21 heavy (non-hydrogen) atoms. The van der Waals surface area contributed by atoms with E-state index in [1.54, 1.807) is 6.20 Å². The Bertz CT molecular complexity index is 566. The molecule has 0 amide bonds. The van der Waals surface area contributed by atoms with Gasteiger partial charge in [0.15, 0.2) is 0 Å². The van der Waals surface area contributed by atoms with Crippen molar-refractivity contribution >= 4 is 5.82 Å².